The van der Waals surface area contributed by atoms with Crippen LogP contribution >= 0.6 is 11.6 Å². The first-order valence-corrected chi connectivity index (χ1v) is 10.4. The van der Waals surface area contributed by atoms with Crippen molar-refractivity contribution in [1.82, 2.24) is 15.1 Å². The molecule has 1 saturated heterocycles. The van der Waals surface area contributed by atoms with E-state index in [0.717, 1.165) is 49.2 Å². The fourth-order valence-electron chi connectivity index (χ4n) is 3.60. The number of nitrogens with zero attached hydrogens (tertiary/aromatic N) is 2. The summed E-state index contributed by atoms with van der Waals surface area (Å²) in [4.78, 5) is 16.9. The first-order valence-electron chi connectivity index (χ1n) is 10.00. The molecule has 1 amide bonds. The molecule has 154 valence electrons. The summed E-state index contributed by atoms with van der Waals surface area (Å²) in [6, 6.07) is 15.6. The third-order valence-corrected chi connectivity index (χ3v) is 5.50. The van der Waals surface area contributed by atoms with Gasteiger partial charge in [0.05, 0.1) is 13.1 Å². The maximum atomic E-state index is 12.3. The highest BCUT2D eigenvalue weighted by molar-refractivity contribution is 6.30. The van der Waals surface area contributed by atoms with Crippen molar-refractivity contribution in [3.63, 3.8) is 0 Å². The van der Waals surface area contributed by atoms with Crippen LogP contribution in [-0.2, 0) is 11.3 Å². The Balaban J connectivity index is 1.15. The SMILES string of the molecule is O=C(CN1CCN(Cc2ccc(Cl)cc2)CC1)NCC1COc2ccccc2O1. The standard InChI is InChI=1S/C22H26ClN3O3/c23-18-7-5-17(6-8-18)14-25-9-11-26(12-10-25)15-22(27)24-13-19-16-28-20-3-1-2-4-21(20)29-19/h1-8,19H,9-16H2,(H,24,27). The molecule has 7 heteroatoms. The fraction of sp³-hybridized carbons (Fsp3) is 0.409. The van der Waals surface area contributed by atoms with E-state index < -0.39 is 0 Å². The highest BCUT2D eigenvalue weighted by atomic mass is 35.5. The second-order valence-corrected chi connectivity index (χ2v) is 7.92. The molecule has 1 unspecified atom stereocenters. The van der Waals surface area contributed by atoms with Crippen molar-refractivity contribution in [3.05, 3.63) is 59.1 Å². The van der Waals surface area contributed by atoms with E-state index in [0.29, 0.717) is 19.7 Å². The average molecular weight is 416 g/mol. The number of rotatable bonds is 6. The Labute approximate surface area is 176 Å². The van der Waals surface area contributed by atoms with Crippen molar-refractivity contribution in [2.45, 2.75) is 12.6 Å². The van der Waals surface area contributed by atoms with Gasteiger partial charge < -0.3 is 14.8 Å². The molecule has 0 radical (unpaired) electrons. The van der Waals surface area contributed by atoms with Crippen molar-refractivity contribution in [2.24, 2.45) is 0 Å². The van der Waals surface area contributed by atoms with Crippen LogP contribution < -0.4 is 14.8 Å². The van der Waals surface area contributed by atoms with Gasteiger partial charge in [-0.25, -0.2) is 0 Å². The Morgan fingerprint density at radius 1 is 1.00 bits per heavy atom. The number of hydrogen-bond acceptors (Lipinski definition) is 5. The van der Waals surface area contributed by atoms with Crippen molar-refractivity contribution in [3.8, 4) is 11.5 Å². The summed E-state index contributed by atoms with van der Waals surface area (Å²) in [5, 5.41) is 3.74. The largest absolute Gasteiger partial charge is 0.486 e. The summed E-state index contributed by atoms with van der Waals surface area (Å²) in [6.07, 6.45) is -0.162. The second kappa shape index (κ2) is 9.48. The van der Waals surface area contributed by atoms with Crippen LogP contribution in [-0.4, -0.2) is 67.7 Å². The van der Waals surface area contributed by atoms with E-state index >= 15 is 0 Å². The highest BCUT2D eigenvalue weighted by Crippen LogP contribution is 2.30. The molecule has 1 fully saturated rings. The summed E-state index contributed by atoms with van der Waals surface area (Å²) in [6.45, 7) is 5.90. The molecule has 1 atom stereocenters. The summed E-state index contributed by atoms with van der Waals surface area (Å²) < 4.78 is 11.6. The molecule has 1 N–H and O–H groups in total. The number of para-hydroxylation sites is 2. The van der Waals surface area contributed by atoms with Gasteiger partial charge in [-0.3, -0.25) is 14.6 Å². The number of benzene rings is 2. The molecule has 2 aliphatic heterocycles. The molecule has 0 saturated carbocycles. The van der Waals surface area contributed by atoms with Crippen LogP contribution in [0.4, 0.5) is 0 Å². The molecule has 2 aliphatic rings. The number of amides is 1. The lowest BCUT2D eigenvalue weighted by Crippen LogP contribution is -2.50. The lowest BCUT2D eigenvalue weighted by Gasteiger charge is -2.34. The quantitative estimate of drug-likeness (QED) is 0.785. The zero-order chi connectivity index (χ0) is 20.1. The van der Waals surface area contributed by atoms with Crippen LogP contribution in [0.25, 0.3) is 0 Å². The van der Waals surface area contributed by atoms with E-state index in [-0.39, 0.29) is 12.0 Å². The van der Waals surface area contributed by atoms with Crippen LogP contribution in [0.3, 0.4) is 0 Å². The Morgan fingerprint density at radius 3 is 2.45 bits per heavy atom. The van der Waals surface area contributed by atoms with Crippen molar-refractivity contribution >= 4 is 17.5 Å². The molecule has 29 heavy (non-hydrogen) atoms. The van der Waals surface area contributed by atoms with Crippen LogP contribution in [0.5, 0.6) is 11.5 Å². The lowest BCUT2D eigenvalue weighted by molar-refractivity contribution is -0.123. The van der Waals surface area contributed by atoms with Crippen LogP contribution in [0.15, 0.2) is 48.5 Å². The second-order valence-electron chi connectivity index (χ2n) is 7.48. The van der Waals surface area contributed by atoms with Gasteiger partial charge in [0.2, 0.25) is 5.91 Å². The van der Waals surface area contributed by atoms with E-state index in [4.69, 9.17) is 21.1 Å². The van der Waals surface area contributed by atoms with Crippen molar-refractivity contribution < 1.29 is 14.3 Å². The van der Waals surface area contributed by atoms with Gasteiger partial charge in [0.25, 0.3) is 0 Å². The van der Waals surface area contributed by atoms with E-state index in [1.165, 1.54) is 5.56 Å². The molecular weight excluding hydrogens is 390 g/mol. The summed E-state index contributed by atoms with van der Waals surface area (Å²) in [5.41, 5.74) is 1.26. The number of carbonyl (C=O) groups excluding carboxylic acids is 1. The van der Waals surface area contributed by atoms with Gasteiger partial charge in [0.15, 0.2) is 11.5 Å². The molecule has 0 aliphatic carbocycles. The first kappa shape index (κ1) is 20.0. The number of carbonyl (C=O) groups is 1. The Hall–Kier alpha value is -2.28. The number of piperazine rings is 1. The minimum atomic E-state index is -0.162. The van der Waals surface area contributed by atoms with Crippen LogP contribution in [0.1, 0.15) is 5.56 Å². The Bertz CT molecular complexity index is 822. The molecular formula is C22H26ClN3O3. The normalized spacial score (nSPS) is 19.7. The molecule has 2 aromatic carbocycles. The maximum Gasteiger partial charge on any atom is 0.234 e. The van der Waals surface area contributed by atoms with Crippen LogP contribution in [0, 0.1) is 0 Å². The molecule has 2 heterocycles. The van der Waals surface area contributed by atoms with Gasteiger partial charge in [0, 0.05) is 37.7 Å². The summed E-state index contributed by atoms with van der Waals surface area (Å²) >= 11 is 5.95. The fourth-order valence-corrected chi connectivity index (χ4v) is 3.73. The smallest absolute Gasteiger partial charge is 0.234 e. The Kier molecular flexibility index (Phi) is 6.54. The van der Waals surface area contributed by atoms with Gasteiger partial charge in [-0.15, -0.1) is 0 Å². The van der Waals surface area contributed by atoms with E-state index in [1.807, 2.05) is 36.4 Å². The average Bonchev–Trinajstić information content (AvgIpc) is 2.75. The number of ether oxygens (including phenoxy) is 2. The minimum Gasteiger partial charge on any atom is -0.486 e. The predicted octanol–water partition coefficient (Wildman–Crippen LogP) is 2.41. The maximum absolute atomic E-state index is 12.3. The van der Waals surface area contributed by atoms with Gasteiger partial charge in [-0.2, -0.15) is 0 Å². The molecule has 0 aromatic heterocycles. The van der Waals surface area contributed by atoms with Gasteiger partial charge in [-0.05, 0) is 29.8 Å². The number of halogens is 1. The summed E-state index contributed by atoms with van der Waals surface area (Å²) in [7, 11) is 0. The number of hydrogen-bond donors (Lipinski definition) is 1. The van der Waals surface area contributed by atoms with E-state index in [9.17, 15) is 4.79 Å². The minimum absolute atomic E-state index is 0.0265. The monoisotopic (exact) mass is 415 g/mol. The first-order chi connectivity index (χ1) is 14.2. The van der Waals surface area contributed by atoms with Crippen molar-refractivity contribution in [2.75, 3.05) is 45.9 Å². The zero-order valence-electron chi connectivity index (χ0n) is 16.4. The molecule has 4 rings (SSSR count). The molecule has 0 bridgehead atoms. The third kappa shape index (κ3) is 5.63. The third-order valence-electron chi connectivity index (χ3n) is 5.25. The predicted molar refractivity (Wildman–Crippen MR) is 113 cm³/mol. The number of nitrogens with one attached hydrogen (secondary N) is 1. The van der Waals surface area contributed by atoms with E-state index in [1.54, 1.807) is 0 Å². The van der Waals surface area contributed by atoms with Gasteiger partial charge in [-0.1, -0.05) is 35.9 Å². The number of fused-ring (bicyclic) bond motifs is 1. The summed E-state index contributed by atoms with van der Waals surface area (Å²) in [5.74, 6) is 1.51. The zero-order valence-corrected chi connectivity index (χ0v) is 17.1. The molecule has 6 nitrogen and oxygen atoms in total. The topological polar surface area (TPSA) is 54.0 Å². The van der Waals surface area contributed by atoms with Gasteiger partial charge >= 0.3 is 0 Å². The van der Waals surface area contributed by atoms with Crippen molar-refractivity contribution in [1.29, 1.82) is 0 Å². The van der Waals surface area contributed by atoms with E-state index in [2.05, 4.69) is 27.2 Å². The molecule has 2 aromatic rings. The molecule has 0 spiro atoms. The Morgan fingerprint density at radius 2 is 1.69 bits per heavy atom. The lowest BCUT2D eigenvalue weighted by atomic mass is 10.2. The van der Waals surface area contributed by atoms with Crippen LogP contribution in [0.2, 0.25) is 5.02 Å². The highest BCUT2D eigenvalue weighted by Gasteiger charge is 2.22. The van der Waals surface area contributed by atoms with Gasteiger partial charge in [0.1, 0.15) is 12.7 Å².